The Morgan fingerprint density at radius 2 is 1.77 bits per heavy atom. The molecule has 0 aromatic heterocycles. The molecule has 1 aliphatic heterocycles. The molecule has 3 amide bonds. The molecular formula is C21H26N3O2+. The molecular weight excluding hydrogens is 326 g/mol. The Hall–Kier alpha value is -2.66. The maximum absolute atomic E-state index is 13.0. The minimum absolute atomic E-state index is 0.200. The first-order valence-electron chi connectivity index (χ1n) is 8.88. The van der Waals surface area contributed by atoms with Crippen LogP contribution in [-0.2, 0) is 16.9 Å². The number of urea groups is 1. The van der Waals surface area contributed by atoms with Gasteiger partial charge in [-0.2, -0.15) is 0 Å². The Labute approximate surface area is 154 Å². The zero-order chi connectivity index (χ0) is 18.9. The normalized spacial score (nSPS) is 21.0. The number of aryl methyl sites for hydroxylation is 2. The van der Waals surface area contributed by atoms with Crippen molar-refractivity contribution < 1.29 is 14.5 Å². The fourth-order valence-corrected chi connectivity index (χ4v) is 3.50. The third-order valence-corrected chi connectivity index (χ3v) is 5.04. The van der Waals surface area contributed by atoms with Gasteiger partial charge in [0.25, 0.3) is 5.91 Å². The van der Waals surface area contributed by atoms with Gasteiger partial charge in [0.15, 0.2) is 6.67 Å². The summed E-state index contributed by atoms with van der Waals surface area (Å²) < 4.78 is 0. The van der Waals surface area contributed by atoms with E-state index in [1.165, 1.54) is 21.6 Å². The molecule has 5 heteroatoms. The first kappa shape index (κ1) is 18.1. The first-order valence-corrected chi connectivity index (χ1v) is 8.88. The van der Waals surface area contributed by atoms with Crippen LogP contribution in [-0.4, -0.2) is 30.6 Å². The van der Waals surface area contributed by atoms with Crippen molar-refractivity contribution >= 4 is 11.9 Å². The van der Waals surface area contributed by atoms with Crippen LogP contribution in [0, 0.1) is 13.8 Å². The molecule has 1 aliphatic rings. The largest absolute Gasteiger partial charge is 0.329 e. The van der Waals surface area contributed by atoms with Crippen molar-refractivity contribution in [1.29, 1.82) is 0 Å². The van der Waals surface area contributed by atoms with Crippen molar-refractivity contribution in [1.82, 2.24) is 10.2 Å². The average Bonchev–Trinajstić information content (AvgIpc) is 2.82. The minimum atomic E-state index is -1.00. The number of nitrogens with one attached hydrogen (secondary N) is 2. The molecule has 136 valence electrons. The van der Waals surface area contributed by atoms with Gasteiger partial charge >= 0.3 is 6.03 Å². The van der Waals surface area contributed by atoms with E-state index >= 15 is 0 Å². The Morgan fingerprint density at radius 3 is 2.42 bits per heavy atom. The molecule has 0 saturated carbocycles. The summed E-state index contributed by atoms with van der Waals surface area (Å²) in [7, 11) is 2.00. The molecule has 1 heterocycles. The van der Waals surface area contributed by atoms with E-state index in [0.29, 0.717) is 6.67 Å². The van der Waals surface area contributed by atoms with Crippen molar-refractivity contribution in [2.45, 2.75) is 32.9 Å². The molecule has 2 atom stereocenters. The summed E-state index contributed by atoms with van der Waals surface area (Å²) in [6, 6.07) is 15.4. The number of imide groups is 1. The molecule has 1 saturated heterocycles. The standard InChI is InChI=1S/C21H25N3O2/c1-15-10-11-17(16(2)12-15)13-23(4)14-24-19(25)21(3,22-20(24)26)18-8-6-5-7-9-18/h5-12H,13-14H2,1-4H3,(H,22,26)/p+1/t21-/m0/s1. The third-order valence-electron chi connectivity index (χ3n) is 5.04. The Bertz CT molecular complexity index is 834. The van der Waals surface area contributed by atoms with Gasteiger partial charge in [-0.1, -0.05) is 54.1 Å². The van der Waals surface area contributed by atoms with Gasteiger partial charge in [0.05, 0.1) is 7.05 Å². The zero-order valence-corrected chi connectivity index (χ0v) is 15.8. The number of carbonyl (C=O) groups excluding carboxylic acids is 2. The molecule has 3 rings (SSSR count). The van der Waals surface area contributed by atoms with E-state index in [4.69, 9.17) is 0 Å². The van der Waals surface area contributed by atoms with Crippen molar-refractivity contribution in [3.05, 3.63) is 70.8 Å². The molecule has 5 nitrogen and oxygen atoms in total. The minimum Gasteiger partial charge on any atom is -0.319 e. The van der Waals surface area contributed by atoms with E-state index < -0.39 is 5.54 Å². The zero-order valence-electron chi connectivity index (χ0n) is 15.8. The van der Waals surface area contributed by atoms with Crippen molar-refractivity contribution in [2.75, 3.05) is 13.7 Å². The van der Waals surface area contributed by atoms with Gasteiger partial charge in [-0.3, -0.25) is 4.79 Å². The van der Waals surface area contributed by atoms with Crippen LogP contribution in [0.2, 0.25) is 0 Å². The smallest absolute Gasteiger partial charge is 0.319 e. The van der Waals surface area contributed by atoms with E-state index in [1.807, 2.05) is 37.4 Å². The first-order chi connectivity index (χ1) is 12.3. The molecule has 0 radical (unpaired) electrons. The van der Waals surface area contributed by atoms with Crippen LogP contribution in [0.3, 0.4) is 0 Å². The molecule has 1 fully saturated rings. The predicted octanol–water partition coefficient (Wildman–Crippen LogP) is 1.74. The van der Waals surface area contributed by atoms with Crippen LogP contribution in [0.25, 0.3) is 0 Å². The molecule has 1 unspecified atom stereocenters. The van der Waals surface area contributed by atoms with Crippen molar-refractivity contribution in [2.24, 2.45) is 0 Å². The van der Waals surface area contributed by atoms with Gasteiger partial charge in [0, 0.05) is 5.56 Å². The van der Waals surface area contributed by atoms with E-state index in [9.17, 15) is 9.59 Å². The highest BCUT2D eigenvalue weighted by atomic mass is 16.2. The highest BCUT2D eigenvalue weighted by molar-refractivity contribution is 6.07. The van der Waals surface area contributed by atoms with Gasteiger partial charge in [0.2, 0.25) is 0 Å². The highest BCUT2D eigenvalue weighted by Gasteiger charge is 2.49. The van der Waals surface area contributed by atoms with Gasteiger partial charge in [-0.15, -0.1) is 0 Å². The third kappa shape index (κ3) is 3.35. The summed E-state index contributed by atoms with van der Waals surface area (Å²) in [6.07, 6.45) is 0. The number of carbonyl (C=O) groups is 2. The lowest BCUT2D eigenvalue weighted by molar-refractivity contribution is -0.901. The summed E-state index contributed by atoms with van der Waals surface area (Å²) in [6.45, 7) is 7.02. The van der Waals surface area contributed by atoms with Gasteiger partial charge in [0.1, 0.15) is 12.1 Å². The number of amides is 3. The van der Waals surface area contributed by atoms with Gasteiger partial charge in [-0.05, 0) is 31.9 Å². The van der Waals surface area contributed by atoms with E-state index in [-0.39, 0.29) is 11.9 Å². The van der Waals surface area contributed by atoms with Crippen LogP contribution in [0.4, 0.5) is 4.79 Å². The van der Waals surface area contributed by atoms with Gasteiger partial charge in [-0.25, -0.2) is 9.69 Å². The van der Waals surface area contributed by atoms with E-state index in [0.717, 1.165) is 17.0 Å². The number of benzene rings is 2. The fourth-order valence-electron chi connectivity index (χ4n) is 3.50. The highest BCUT2D eigenvalue weighted by Crippen LogP contribution is 2.27. The van der Waals surface area contributed by atoms with E-state index in [2.05, 4.69) is 37.4 Å². The second-order valence-corrected chi connectivity index (χ2v) is 7.38. The van der Waals surface area contributed by atoms with Crippen LogP contribution in [0.5, 0.6) is 0 Å². The number of hydrogen-bond acceptors (Lipinski definition) is 2. The number of nitrogens with zero attached hydrogens (tertiary/aromatic N) is 1. The van der Waals surface area contributed by atoms with Crippen LogP contribution < -0.4 is 10.2 Å². The molecule has 0 spiro atoms. The Morgan fingerprint density at radius 1 is 1.08 bits per heavy atom. The number of hydrogen-bond donors (Lipinski definition) is 2. The monoisotopic (exact) mass is 352 g/mol. The van der Waals surface area contributed by atoms with E-state index in [1.54, 1.807) is 6.92 Å². The molecule has 2 aromatic rings. The SMILES string of the molecule is Cc1ccc(C[NH+](C)CN2C(=O)N[C@@](C)(c3ccccc3)C2=O)c(C)c1. The number of quaternary nitrogens is 1. The maximum atomic E-state index is 13.0. The summed E-state index contributed by atoms with van der Waals surface area (Å²) in [5.74, 6) is -0.200. The molecule has 0 aliphatic carbocycles. The van der Waals surface area contributed by atoms with Crippen LogP contribution >= 0.6 is 0 Å². The summed E-state index contributed by atoms with van der Waals surface area (Å²) in [5, 5.41) is 2.86. The topological polar surface area (TPSA) is 53.9 Å². The molecule has 26 heavy (non-hydrogen) atoms. The lowest BCUT2D eigenvalue weighted by Gasteiger charge is -2.23. The van der Waals surface area contributed by atoms with Crippen molar-refractivity contribution in [3.8, 4) is 0 Å². The summed E-state index contributed by atoms with van der Waals surface area (Å²) in [5.41, 5.74) is 3.49. The lowest BCUT2D eigenvalue weighted by atomic mass is 9.92. The van der Waals surface area contributed by atoms with Crippen LogP contribution in [0.1, 0.15) is 29.2 Å². The molecule has 0 bridgehead atoms. The summed E-state index contributed by atoms with van der Waals surface area (Å²) >= 11 is 0. The summed E-state index contributed by atoms with van der Waals surface area (Å²) in [4.78, 5) is 27.8. The lowest BCUT2D eigenvalue weighted by Crippen LogP contribution is -3.09. The van der Waals surface area contributed by atoms with Gasteiger partial charge < -0.3 is 10.2 Å². The predicted molar refractivity (Wildman–Crippen MR) is 101 cm³/mol. The second-order valence-electron chi connectivity index (χ2n) is 7.38. The maximum Gasteiger partial charge on any atom is 0.329 e. The Kier molecular flexibility index (Phi) is 4.83. The second kappa shape index (κ2) is 6.92. The molecule has 2 aromatic carbocycles. The van der Waals surface area contributed by atoms with Crippen LogP contribution in [0.15, 0.2) is 48.5 Å². The Balaban J connectivity index is 1.73. The quantitative estimate of drug-likeness (QED) is 0.806. The fraction of sp³-hybridized carbons (Fsp3) is 0.333. The van der Waals surface area contributed by atoms with Crippen molar-refractivity contribution in [3.63, 3.8) is 0 Å². The average molecular weight is 352 g/mol. The molecule has 2 N–H and O–H groups in total. The number of rotatable bonds is 5.